The number of anilines is 1. The van der Waals surface area contributed by atoms with Gasteiger partial charge in [0.2, 0.25) is 5.91 Å². The van der Waals surface area contributed by atoms with E-state index in [1.54, 1.807) is 18.4 Å². The molecule has 4 aromatic rings. The fourth-order valence-electron chi connectivity index (χ4n) is 5.17. The number of thiophene rings is 1. The van der Waals surface area contributed by atoms with Crippen molar-refractivity contribution in [3.8, 4) is 11.4 Å². The van der Waals surface area contributed by atoms with Crippen molar-refractivity contribution in [3.63, 3.8) is 0 Å². The number of ether oxygens (including phenoxy) is 2. The Kier molecular flexibility index (Phi) is 7.01. The summed E-state index contributed by atoms with van der Waals surface area (Å²) in [5.41, 5.74) is 2.93. The van der Waals surface area contributed by atoms with Gasteiger partial charge in [0.1, 0.15) is 6.61 Å². The summed E-state index contributed by atoms with van der Waals surface area (Å²) in [7, 11) is 1.54. The number of piperidine rings is 1. The van der Waals surface area contributed by atoms with Gasteiger partial charge in [-0.15, -0.1) is 11.3 Å². The molecular weight excluding hydrogens is 490 g/mol. The largest absolute Gasteiger partial charge is 0.378 e. The highest BCUT2D eigenvalue weighted by Crippen LogP contribution is 2.36. The van der Waals surface area contributed by atoms with Gasteiger partial charge < -0.3 is 19.7 Å². The van der Waals surface area contributed by atoms with Gasteiger partial charge in [-0.05, 0) is 25.0 Å². The summed E-state index contributed by atoms with van der Waals surface area (Å²) in [5.74, 6) is 1.67. The molecule has 2 aliphatic heterocycles. The number of likely N-dealkylation sites (tertiary alicyclic amines) is 1. The average molecular weight is 522 g/mol. The number of aromatic amines is 1. The minimum atomic E-state index is -0.0402. The van der Waals surface area contributed by atoms with Crippen LogP contribution in [0.1, 0.15) is 17.7 Å². The first-order valence-electron chi connectivity index (χ1n) is 12.7. The normalized spacial score (nSPS) is 17.6. The lowest BCUT2D eigenvalue weighted by Gasteiger charge is -2.32. The van der Waals surface area contributed by atoms with Crippen molar-refractivity contribution in [1.82, 2.24) is 30.4 Å². The zero-order chi connectivity index (χ0) is 25.2. The minimum Gasteiger partial charge on any atom is -0.378 e. The van der Waals surface area contributed by atoms with Crippen molar-refractivity contribution in [1.29, 1.82) is 0 Å². The van der Waals surface area contributed by atoms with E-state index >= 15 is 0 Å². The Morgan fingerprint density at radius 1 is 1.22 bits per heavy atom. The lowest BCUT2D eigenvalue weighted by molar-refractivity contribution is -0.125. The molecule has 37 heavy (non-hydrogen) atoms. The van der Waals surface area contributed by atoms with E-state index in [2.05, 4.69) is 37.4 Å². The number of amides is 1. The molecule has 0 atom stereocenters. The Morgan fingerprint density at radius 2 is 2.05 bits per heavy atom. The Morgan fingerprint density at radius 3 is 2.86 bits per heavy atom. The van der Waals surface area contributed by atoms with Crippen LogP contribution in [0, 0.1) is 0 Å². The molecule has 1 amide bonds. The van der Waals surface area contributed by atoms with E-state index < -0.39 is 0 Å². The van der Waals surface area contributed by atoms with Gasteiger partial charge in [-0.2, -0.15) is 5.10 Å². The molecule has 0 saturated carbocycles. The van der Waals surface area contributed by atoms with Crippen molar-refractivity contribution in [2.24, 2.45) is 0 Å². The zero-order valence-electron chi connectivity index (χ0n) is 20.9. The van der Waals surface area contributed by atoms with Crippen LogP contribution in [0.3, 0.4) is 0 Å². The molecule has 11 heteroatoms. The molecule has 2 aliphatic rings. The minimum absolute atomic E-state index is 0.0402. The molecule has 194 valence electrons. The number of H-pyrrole nitrogens is 1. The molecule has 0 unspecified atom stereocenters. The van der Waals surface area contributed by atoms with Crippen LogP contribution in [0.25, 0.3) is 32.5 Å². The number of morpholine rings is 1. The number of nitrogens with zero attached hydrogens (tertiary/aromatic N) is 5. The van der Waals surface area contributed by atoms with E-state index in [1.165, 1.54) is 4.88 Å². The monoisotopic (exact) mass is 521 g/mol. The smallest absolute Gasteiger partial charge is 0.246 e. The molecule has 2 fully saturated rings. The van der Waals surface area contributed by atoms with Gasteiger partial charge in [-0.25, -0.2) is 9.97 Å². The van der Waals surface area contributed by atoms with Gasteiger partial charge in [0.25, 0.3) is 0 Å². The quantitative estimate of drug-likeness (QED) is 0.382. The number of aromatic nitrogens is 4. The zero-order valence-corrected chi connectivity index (χ0v) is 21.7. The number of hydrogen-bond donors (Lipinski definition) is 2. The highest BCUT2D eigenvalue weighted by Gasteiger charge is 2.24. The summed E-state index contributed by atoms with van der Waals surface area (Å²) in [4.78, 5) is 28.0. The number of fused-ring (bicyclic) bond motifs is 2. The van der Waals surface area contributed by atoms with Gasteiger partial charge >= 0.3 is 0 Å². The average Bonchev–Trinajstić information content (AvgIpc) is 3.56. The predicted molar refractivity (Wildman–Crippen MR) is 144 cm³/mol. The summed E-state index contributed by atoms with van der Waals surface area (Å²) in [6.07, 6.45) is 3.73. The standard InChI is InChI=1S/C26H31N7O3S/c1-35-16-23(34)28-17-5-7-32(8-6-17)15-18-13-22-24(37-18)26(33-9-11-36-12-10-33)30-25(29-22)19-3-2-4-21-20(19)14-27-31-21/h2-4,13-14,17H,5-12,15-16H2,1H3,(H,27,31)(H,28,34). The van der Waals surface area contributed by atoms with E-state index in [0.717, 1.165) is 83.9 Å². The first-order chi connectivity index (χ1) is 18.2. The van der Waals surface area contributed by atoms with E-state index in [9.17, 15) is 4.79 Å². The number of hydrogen-bond acceptors (Lipinski definition) is 9. The number of carbonyl (C=O) groups is 1. The lowest BCUT2D eigenvalue weighted by Crippen LogP contribution is -2.45. The van der Waals surface area contributed by atoms with Crippen LogP contribution in [-0.2, 0) is 20.8 Å². The summed E-state index contributed by atoms with van der Waals surface area (Å²) < 4.78 is 11.7. The topological polar surface area (TPSA) is 108 Å². The van der Waals surface area contributed by atoms with Crippen LogP contribution >= 0.6 is 11.3 Å². The summed E-state index contributed by atoms with van der Waals surface area (Å²) >= 11 is 1.78. The van der Waals surface area contributed by atoms with Crippen LogP contribution in [-0.4, -0.2) is 90.1 Å². The van der Waals surface area contributed by atoms with E-state index in [0.29, 0.717) is 13.2 Å². The number of benzene rings is 1. The van der Waals surface area contributed by atoms with Gasteiger partial charge in [0.15, 0.2) is 11.6 Å². The summed E-state index contributed by atoms with van der Waals surface area (Å²) in [6, 6.07) is 8.52. The van der Waals surface area contributed by atoms with E-state index in [4.69, 9.17) is 19.4 Å². The van der Waals surface area contributed by atoms with Crippen molar-refractivity contribution in [2.45, 2.75) is 25.4 Å². The molecule has 6 rings (SSSR count). The Hall–Kier alpha value is -3.12. The molecule has 3 aromatic heterocycles. The molecule has 5 heterocycles. The second-order valence-electron chi connectivity index (χ2n) is 9.59. The van der Waals surface area contributed by atoms with Crippen molar-refractivity contribution < 1.29 is 14.3 Å². The summed E-state index contributed by atoms with van der Waals surface area (Å²) in [5, 5.41) is 11.4. The van der Waals surface area contributed by atoms with Crippen molar-refractivity contribution in [3.05, 3.63) is 35.3 Å². The fourth-order valence-corrected chi connectivity index (χ4v) is 6.33. The fraction of sp³-hybridized carbons (Fsp3) is 0.462. The third-order valence-electron chi connectivity index (χ3n) is 7.05. The number of methoxy groups -OCH3 is 1. The van der Waals surface area contributed by atoms with Gasteiger partial charge in [-0.3, -0.25) is 14.8 Å². The number of carbonyl (C=O) groups excluding carboxylic acids is 1. The molecule has 0 bridgehead atoms. The van der Waals surface area contributed by atoms with Gasteiger partial charge in [0, 0.05) is 61.7 Å². The molecule has 0 radical (unpaired) electrons. The Balaban J connectivity index is 1.27. The second kappa shape index (κ2) is 10.7. The molecular formula is C26H31N7O3S. The second-order valence-corrected chi connectivity index (χ2v) is 10.7. The maximum Gasteiger partial charge on any atom is 0.246 e. The third kappa shape index (κ3) is 5.17. The first-order valence-corrected chi connectivity index (χ1v) is 13.6. The van der Waals surface area contributed by atoms with Crippen LogP contribution in [0.15, 0.2) is 30.5 Å². The molecule has 2 N–H and O–H groups in total. The van der Waals surface area contributed by atoms with Crippen LogP contribution in [0.2, 0.25) is 0 Å². The molecule has 10 nitrogen and oxygen atoms in total. The third-order valence-corrected chi connectivity index (χ3v) is 8.15. The highest BCUT2D eigenvalue weighted by atomic mass is 32.1. The number of rotatable bonds is 7. The molecule has 0 aliphatic carbocycles. The lowest BCUT2D eigenvalue weighted by atomic mass is 10.0. The van der Waals surface area contributed by atoms with Crippen LogP contribution < -0.4 is 10.2 Å². The van der Waals surface area contributed by atoms with Crippen LogP contribution in [0.4, 0.5) is 5.82 Å². The van der Waals surface area contributed by atoms with Crippen molar-refractivity contribution >= 4 is 44.2 Å². The summed E-state index contributed by atoms with van der Waals surface area (Å²) in [6.45, 7) is 5.91. The predicted octanol–water partition coefficient (Wildman–Crippen LogP) is 2.80. The first kappa shape index (κ1) is 24.2. The van der Waals surface area contributed by atoms with E-state index in [-0.39, 0.29) is 18.6 Å². The highest BCUT2D eigenvalue weighted by molar-refractivity contribution is 7.19. The Labute approximate surface area is 219 Å². The Bertz CT molecular complexity index is 1390. The molecule has 1 aromatic carbocycles. The van der Waals surface area contributed by atoms with Crippen LogP contribution in [0.5, 0.6) is 0 Å². The maximum absolute atomic E-state index is 11.9. The SMILES string of the molecule is COCC(=O)NC1CCN(Cc2cc3nc(-c4cccc5[nH]ncc45)nc(N4CCOCC4)c3s2)CC1. The van der Waals surface area contributed by atoms with E-state index in [1.807, 2.05) is 18.3 Å². The van der Waals surface area contributed by atoms with Gasteiger partial charge in [-0.1, -0.05) is 12.1 Å². The number of nitrogens with one attached hydrogen (secondary N) is 2. The molecule has 0 spiro atoms. The molecule has 2 saturated heterocycles. The van der Waals surface area contributed by atoms with Gasteiger partial charge in [0.05, 0.1) is 35.1 Å². The maximum atomic E-state index is 11.9. The van der Waals surface area contributed by atoms with Crippen molar-refractivity contribution in [2.75, 3.05) is 58.0 Å².